The summed E-state index contributed by atoms with van der Waals surface area (Å²) in [7, 11) is 0. The molecule has 1 aliphatic heterocycles. The number of halogens is 4. The van der Waals surface area contributed by atoms with Gasteiger partial charge in [0.15, 0.2) is 0 Å². The van der Waals surface area contributed by atoms with Gasteiger partial charge in [0.05, 0.1) is 11.4 Å². The quantitative estimate of drug-likeness (QED) is 0.820. The number of aryl methyl sites for hydroxylation is 1. The van der Waals surface area contributed by atoms with Crippen molar-refractivity contribution in [2.24, 2.45) is 0 Å². The van der Waals surface area contributed by atoms with Gasteiger partial charge in [-0.1, -0.05) is 6.07 Å². The van der Waals surface area contributed by atoms with Crippen LogP contribution < -0.4 is 5.32 Å². The minimum absolute atomic E-state index is 0.154. The summed E-state index contributed by atoms with van der Waals surface area (Å²) in [5, 5.41) is 2.99. The molecule has 3 rings (SSSR count). The van der Waals surface area contributed by atoms with Crippen molar-refractivity contribution in [2.75, 3.05) is 6.54 Å². The number of rotatable bonds is 1. The van der Waals surface area contributed by atoms with Crippen LogP contribution in [0.3, 0.4) is 0 Å². The highest BCUT2D eigenvalue weighted by molar-refractivity contribution is 5.41. The van der Waals surface area contributed by atoms with Crippen molar-refractivity contribution in [3.63, 3.8) is 0 Å². The van der Waals surface area contributed by atoms with E-state index in [0.29, 0.717) is 36.5 Å². The molecule has 1 aliphatic rings. The smallest absolute Gasteiger partial charge is 0.311 e. The molecular formula is C14H13F4N3. The summed E-state index contributed by atoms with van der Waals surface area (Å²) in [6.45, 7) is 2.43. The molecule has 0 unspecified atom stereocenters. The third-order valence-electron chi connectivity index (χ3n) is 3.55. The van der Waals surface area contributed by atoms with Crippen molar-refractivity contribution >= 4 is 0 Å². The van der Waals surface area contributed by atoms with Gasteiger partial charge >= 0.3 is 6.18 Å². The van der Waals surface area contributed by atoms with E-state index in [0.717, 1.165) is 10.6 Å². The van der Waals surface area contributed by atoms with Gasteiger partial charge in [0, 0.05) is 25.2 Å². The van der Waals surface area contributed by atoms with Crippen molar-refractivity contribution in [3.8, 4) is 5.69 Å². The maximum atomic E-state index is 13.7. The van der Waals surface area contributed by atoms with E-state index in [9.17, 15) is 17.6 Å². The molecule has 0 amide bonds. The van der Waals surface area contributed by atoms with Gasteiger partial charge in [0.1, 0.15) is 5.82 Å². The molecular weight excluding hydrogens is 286 g/mol. The van der Waals surface area contributed by atoms with Crippen molar-refractivity contribution in [2.45, 2.75) is 26.1 Å². The molecule has 2 heterocycles. The van der Waals surface area contributed by atoms with Crippen LogP contribution in [0.4, 0.5) is 17.6 Å². The summed E-state index contributed by atoms with van der Waals surface area (Å²) in [5.41, 5.74) is 1.41. The molecule has 0 saturated heterocycles. The number of hydrogen-bond donors (Lipinski definition) is 1. The fourth-order valence-corrected chi connectivity index (χ4v) is 2.50. The summed E-state index contributed by atoms with van der Waals surface area (Å²) in [6.07, 6.45) is -4.16. The average Bonchev–Trinajstić information content (AvgIpc) is 2.81. The zero-order valence-corrected chi connectivity index (χ0v) is 11.3. The van der Waals surface area contributed by atoms with Crippen LogP contribution in [0.1, 0.15) is 22.8 Å². The first-order valence-electron chi connectivity index (χ1n) is 6.53. The summed E-state index contributed by atoms with van der Waals surface area (Å²) in [4.78, 5) is 3.70. The van der Waals surface area contributed by atoms with E-state index in [-0.39, 0.29) is 5.69 Å². The molecule has 7 heteroatoms. The van der Waals surface area contributed by atoms with Crippen molar-refractivity contribution in [1.82, 2.24) is 14.9 Å². The van der Waals surface area contributed by atoms with E-state index in [4.69, 9.17) is 0 Å². The van der Waals surface area contributed by atoms with Crippen LogP contribution in [-0.2, 0) is 19.1 Å². The molecule has 0 fully saturated rings. The zero-order chi connectivity index (χ0) is 15.2. The maximum Gasteiger partial charge on any atom is 0.450 e. The molecule has 0 aliphatic carbocycles. The van der Waals surface area contributed by atoms with Crippen LogP contribution in [0.5, 0.6) is 0 Å². The van der Waals surface area contributed by atoms with Crippen molar-refractivity contribution in [3.05, 3.63) is 46.8 Å². The zero-order valence-electron chi connectivity index (χ0n) is 11.3. The van der Waals surface area contributed by atoms with Gasteiger partial charge in [-0.15, -0.1) is 0 Å². The Labute approximate surface area is 118 Å². The predicted octanol–water partition coefficient (Wildman–Crippen LogP) is 2.98. The fraction of sp³-hybridized carbons (Fsp3) is 0.357. The van der Waals surface area contributed by atoms with Gasteiger partial charge in [0.25, 0.3) is 0 Å². The van der Waals surface area contributed by atoms with Crippen LogP contribution in [0.25, 0.3) is 5.69 Å². The van der Waals surface area contributed by atoms with Gasteiger partial charge in [-0.25, -0.2) is 9.37 Å². The Morgan fingerprint density at radius 1 is 1.29 bits per heavy atom. The molecule has 1 N–H and O–H groups in total. The van der Waals surface area contributed by atoms with E-state index >= 15 is 0 Å². The largest absolute Gasteiger partial charge is 0.450 e. The molecule has 0 radical (unpaired) electrons. The second-order valence-electron chi connectivity index (χ2n) is 5.02. The molecule has 0 atom stereocenters. The van der Waals surface area contributed by atoms with Crippen LogP contribution in [0.2, 0.25) is 0 Å². The number of aromatic nitrogens is 2. The Morgan fingerprint density at radius 3 is 2.71 bits per heavy atom. The van der Waals surface area contributed by atoms with Gasteiger partial charge in [-0.2, -0.15) is 13.2 Å². The lowest BCUT2D eigenvalue weighted by molar-refractivity contribution is -0.146. The number of benzene rings is 1. The topological polar surface area (TPSA) is 29.9 Å². The van der Waals surface area contributed by atoms with Gasteiger partial charge in [0.2, 0.25) is 5.82 Å². The fourth-order valence-electron chi connectivity index (χ4n) is 2.50. The summed E-state index contributed by atoms with van der Waals surface area (Å²) >= 11 is 0. The van der Waals surface area contributed by atoms with Crippen LogP contribution in [0.15, 0.2) is 18.2 Å². The first-order valence-corrected chi connectivity index (χ1v) is 6.53. The number of nitrogens with one attached hydrogen (secondary N) is 1. The monoisotopic (exact) mass is 299 g/mol. The minimum atomic E-state index is -4.58. The van der Waals surface area contributed by atoms with Crippen LogP contribution >= 0.6 is 0 Å². The predicted molar refractivity (Wildman–Crippen MR) is 68.7 cm³/mol. The lowest BCUT2D eigenvalue weighted by atomic mass is 10.1. The second kappa shape index (κ2) is 4.84. The van der Waals surface area contributed by atoms with E-state index < -0.39 is 17.8 Å². The standard InChI is InChI=1S/C14H13F4N3/c1-8-2-3-9(6-10(8)15)21-12-4-5-19-7-11(12)20-13(21)14(16,17)18/h2-3,6,19H,4-5,7H2,1H3. The first-order chi connectivity index (χ1) is 9.88. The van der Waals surface area contributed by atoms with Gasteiger partial charge in [-0.3, -0.25) is 4.57 Å². The summed E-state index contributed by atoms with van der Waals surface area (Å²) < 4.78 is 54.3. The molecule has 0 spiro atoms. The van der Waals surface area contributed by atoms with E-state index in [1.807, 2.05) is 0 Å². The van der Waals surface area contributed by atoms with Crippen LogP contribution in [-0.4, -0.2) is 16.1 Å². The highest BCUT2D eigenvalue weighted by Gasteiger charge is 2.39. The Bertz CT molecular complexity index is 688. The maximum absolute atomic E-state index is 13.7. The Kier molecular flexibility index (Phi) is 3.24. The van der Waals surface area contributed by atoms with Crippen molar-refractivity contribution in [1.29, 1.82) is 0 Å². The third kappa shape index (κ3) is 2.42. The van der Waals surface area contributed by atoms with Gasteiger partial charge < -0.3 is 5.32 Å². The summed E-state index contributed by atoms with van der Waals surface area (Å²) in [5.74, 6) is -1.53. The number of hydrogen-bond acceptors (Lipinski definition) is 2. The summed E-state index contributed by atoms with van der Waals surface area (Å²) in [6, 6.07) is 4.07. The number of alkyl halides is 3. The second-order valence-corrected chi connectivity index (χ2v) is 5.02. The normalized spacial score (nSPS) is 15.1. The average molecular weight is 299 g/mol. The molecule has 1 aromatic heterocycles. The van der Waals surface area contributed by atoms with Gasteiger partial charge in [-0.05, 0) is 24.6 Å². The minimum Gasteiger partial charge on any atom is -0.311 e. The molecule has 3 nitrogen and oxygen atoms in total. The highest BCUT2D eigenvalue weighted by Crippen LogP contribution is 2.33. The van der Waals surface area contributed by atoms with Crippen molar-refractivity contribution < 1.29 is 17.6 Å². The Morgan fingerprint density at radius 2 is 2.05 bits per heavy atom. The first kappa shape index (κ1) is 14.1. The number of nitrogens with zero attached hydrogens (tertiary/aromatic N) is 2. The highest BCUT2D eigenvalue weighted by atomic mass is 19.4. The Hall–Kier alpha value is -1.89. The molecule has 0 bridgehead atoms. The SMILES string of the molecule is Cc1ccc(-n2c(C(F)(F)F)nc3c2CCNC3)cc1F. The molecule has 2 aromatic rings. The van der Waals surface area contributed by atoms with Crippen LogP contribution in [0, 0.1) is 12.7 Å². The number of fused-ring (bicyclic) bond motifs is 1. The third-order valence-corrected chi connectivity index (χ3v) is 3.55. The molecule has 21 heavy (non-hydrogen) atoms. The van der Waals surface area contributed by atoms with E-state index in [1.165, 1.54) is 12.1 Å². The van der Waals surface area contributed by atoms with E-state index in [2.05, 4.69) is 10.3 Å². The molecule has 112 valence electrons. The van der Waals surface area contributed by atoms with E-state index in [1.54, 1.807) is 6.92 Å². The lowest BCUT2D eigenvalue weighted by Crippen LogP contribution is -2.25. The molecule has 0 saturated carbocycles. The lowest BCUT2D eigenvalue weighted by Gasteiger charge is -2.17. The molecule has 1 aromatic carbocycles. The number of imidazole rings is 1. The Balaban J connectivity index is 2.24.